The topological polar surface area (TPSA) is 68.3 Å². The molecule has 0 spiro atoms. The number of anilines is 1. The van der Waals surface area contributed by atoms with Crippen LogP contribution in [0, 0.1) is 0 Å². The molecule has 0 fully saturated rings. The normalized spacial score (nSPS) is 9.68. The van der Waals surface area contributed by atoms with E-state index in [0.717, 1.165) is 6.29 Å². The number of hydrogen-bond acceptors (Lipinski definition) is 4. The van der Waals surface area contributed by atoms with E-state index in [4.69, 9.17) is 4.74 Å². The van der Waals surface area contributed by atoms with Gasteiger partial charge in [-0.3, -0.25) is 14.6 Å². The molecule has 1 aromatic carbocycles. The maximum Gasteiger partial charge on any atom is 0.262 e. The molecule has 5 heteroatoms. The summed E-state index contributed by atoms with van der Waals surface area (Å²) in [5, 5.41) is 2.64. The van der Waals surface area contributed by atoms with Gasteiger partial charge in [-0.05, 0) is 24.3 Å². The van der Waals surface area contributed by atoms with E-state index in [0.29, 0.717) is 17.0 Å². The lowest BCUT2D eigenvalue weighted by Gasteiger charge is -2.07. The third-order valence-corrected chi connectivity index (χ3v) is 2.31. The number of nitrogens with one attached hydrogen (secondary N) is 1. The van der Waals surface area contributed by atoms with Crippen LogP contribution in [0.3, 0.4) is 0 Å². The van der Waals surface area contributed by atoms with Crippen LogP contribution in [0.25, 0.3) is 0 Å². The first kappa shape index (κ1) is 12.8. The van der Waals surface area contributed by atoms with E-state index in [9.17, 15) is 9.59 Å². The summed E-state index contributed by atoms with van der Waals surface area (Å²) in [6, 6.07) is 10.1. The van der Waals surface area contributed by atoms with Gasteiger partial charge in [0.15, 0.2) is 6.61 Å². The van der Waals surface area contributed by atoms with Crippen molar-refractivity contribution in [2.45, 2.75) is 0 Å². The number of carbonyl (C=O) groups excluding carboxylic acids is 2. The average molecular weight is 256 g/mol. The van der Waals surface area contributed by atoms with Crippen LogP contribution in [0.1, 0.15) is 10.4 Å². The summed E-state index contributed by atoms with van der Waals surface area (Å²) in [5.41, 5.74) is 1.11. The molecule has 1 heterocycles. The number of aldehydes is 1. The lowest BCUT2D eigenvalue weighted by atomic mass is 10.2. The molecule has 0 bridgehead atoms. The first-order valence-electron chi connectivity index (χ1n) is 5.66. The van der Waals surface area contributed by atoms with Crippen LogP contribution in [0.15, 0.2) is 48.8 Å². The Hall–Kier alpha value is -2.69. The molecule has 96 valence electrons. The number of pyridine rings is 1. The van der Waals surface area contributed by atoms with Crippen molar-refractivity contribution in [3.8, 4) is 5.75 Å². The van der Waals surface area contributed by atoms with Crippen LogP contribution in [0.4, 0.5) is 5.69 Å². The molecule has 2 aromatic rings. The highest BCUT2D eigenvalue weighted by atomic mass is 16.5. The maximum absolute atomic E-state index is 11.6. The highest BCUT2D eigenvalue weighted by Crippen LogP contribution is 2.12. The van der Waals surface area contributed by atoms with Gasteiger partial charge in [0.1, 0.15) is 12.0 Å². The van der Waals surface area contributed by atoms with Crippen LogP contribution in [0.2, 0.25) is 0 Å². The van der Waals surface area contributed by atoms with E-state index in [1.54, 1.807) is 48.8 Å². The fourth-order valence-electron chi connectivity index (χ4n) is 1.46. The molecule has 0 saturated carbocycles. The number of nitrogens with zero attached hydrogens (tertiary/aromatic N) is 1. The van der Waals surface area contributed by atoms with E-state index < -0.39 is 0 Å². The van der Waals surface area contributed by atoms with Crippen LogP contribution >= 0.6 is 0 Å². The Balaban J connectivity index is 1.88. The first-order chi connectivity index (χ1) is 9.28. The van der Waals surface area contributed by atoms with Crippen molar-refractivity contribution in [3.63, 3.8) is 0 Å². The van der Waals surface area contributed by atoms with Crippen molar-refractivity contribution in [2.75, 3.05) is 11.9 Å². The molecule has 0 saturated heterocycles. The largest absolute Gasteiger partial charge is 0.484 e. The second kappa shape index (κ2) is 6.30. The Bertz CT molecular complexity index is 570. The Labute approximate surface area is 110 Å². The molecule has 1 N–H and O–H groups in total. The highest BCUT2D eigenvalue weighted by molar-refractivity contribution is 5.91. The number of hydrogen-bond donors (Lipinski definition) is 1. The Kier molecular flexibility index (Phi) is 4.23. The number of benzene rings is 1. The van der Waals surface area contributed by atoms with E-state index in [2.05, 4.69) is 10.3 Å². The molecule has 0 unspecified atom stereocenters. The monoisotopic (exact) mass is 256 g/mol. The van der Waals surface area contributed by atoms with E-state index in [1.807, 2.05) is 0 Å². The second-order valence-corrected chi connectivity index (χ2v) is 3.77. The van der Waals surface area contributed by atoms with E-state index in [1.165, 1.54) is 0 Å². The van der Waals surface area contributed by atoms with Gasteiger partial charge < -0.3 is 10.1 Å². The third kappa shape index (κ3) is 3.92. The number of carbonyl (C=O) groups is 2. The van der Waals surface area contributed by atoms with Gasteiger partial charge in [0.05, 0.1) is 11.9 Å². The highest BCUT2D eigenvalue weighted by Gasteiger charge is 2.04. The molecule has 0 radical (unpaired) electrons. The van der Waals surface area contributed by atoms with Crippen molar-refractivity contribution < 1.29 is 14.3 Å². The fraction of sp³-hybridized carbons (Fsp3) is 0.0714. The zero-order valence-electron chi connectivity index (χ0n) is 10.1. The average Bonchev–Trinajstić information content (AvgIpc) is 2.46. The quantitative estimate of drug-likeness (QED) is 0.830. The van der Waals surface area contributed by atoms with E-state index in [-0.39, 0.29) is 12.5 Å². The van der Waals surface area contributed by atoms with Gasteiger partial charge in [-0.1, -0.05) is 12.1 Å². The minimum atomic E-state index is -0.287. The predicted molar refractivity (Wildman–Crippen MR) is 70.2 cm³/mol. The minimum Gasteiger partial charge on any atom is -0.484 e. The third-order valence-electron chi connectivity index (χ3n) is 2.31. The smallest absolute Gasteiger partial charge is 0.262 e. The van der Waals surface area contributed by atoms with Crippen LogP contribution in [-0.4, -0.2) is 23.8 Å². The second-order valence-electron chi connectivity index (χ2n) is 3.77. The fourth-order valence-corrected chi connectivity index (χ4v) is 1.46. The molecule has 2 rings (SSSR count). The molecule has 1 aromatic heterocycles. The van der Waals surface area contributed by atoms with Gasteiger partial charge in [0.2, 0.25) is 0 Å². The summed E-state index contributed by atoms with van der Waals surface area (Å²) in [5.74, 6) is 0.190. The maximum atomic E-state index is 11.6. The predicted octanol–water partition coefficient (Wildman–Crippen LogP) is 1.91. The Morgan fingerprint density at radius 3 is 2.95 bits per heavy atom. The molecule has 1 amide bonds. The van der Waals surface area contributed by atoms with Gasteiger partial charge >= 0.3 is 0 Å². The van der Waals surface area contributed by atoms with Crippen LogP contribution < -0.4 is 10.1 Å². The number of aromatic nitrogens is 1. The van der Waals surface area contributed by atoms with Crippen molar-refractivity contribution in [1.29, 1.82) is 0 Å². The first-order valence-corrected chi connectivity index (χ1v) is 5.66. The summed E-state index contributed by atoms with van der Waals surface area (Å²) >= 11 is 0. The summed E-state index contributed by atoms with van der Waals surface area (Å²) in [6.07, 6.45) is 3.89. The molecule has 0 aliphatic heterocycles. The summed E-state index contributed by atoms with van der Waals surface area (Å²) in [7, 11) is 0. The van der Waals surface area contributed by atoms with Crippen LogP contribution in [-0.2, 0) is 4.79 Å². The van der Waals surface area contributed by atoms with Crippen molar-refractivity contribution >= 4 is 17.9 Å². The summed E-state index contributed by atoms with van der Waals surface area (Å²) < 4.78 is 5.29. The summed E-state index contributed by atoms with van der Waals surface area (Å²) in [6.45, 7) is -0.128. The Morgan fingerprint density at radius 2 is 2.21 bits per heavy atom. The van der Waals surface area contributed by atoms with Crippen molar-refractivity contribution in [3.05, 3.63) is 54.4 Å². The lowest BCUT2D eigenvalue weighted by molar-refractivity contribution is -0.118. The van der Waals surface area contributed by atoms with E-state index >= 15 is 0 Å². The molecular formula is C14H12N2O3. The molecule has 0 aliphatic carbocycles. The van der Waals surface area contributed by atoms with Gasteiger partial charge in [-0.2, -0.15) is 0 Å². The number of rotatable bonds is 5. The molecule has 0 aliphatic rings. The molecular weight excluding hydrogens is 244 g/mol. The molecule has 19 heavy (non-hydrogen) atoms. The number of ether oxygens (including phenoxy) is 1. The zero-order valence-corrected chi connectivity index (χ0v) is 10.1. The van der Waals surface area contributed by atoms with Crippen molar-refractivity contribution in [2.24, 2.45) is 0 Å². The van der Waals surface area contributed by atoms with Crippen LogP contribution in [0.5, 0.6) is 5.75 Å². The van der Waals surface area contributed by atoms with Gasteiger partial charge in [0.25, 0.3) is 5.91 Å². The zero-order chi connectivity index (χ0) is 13.5. The number of amides is 1. The minimum absolute atomic E-state index is 0.128. The molecule has 0 atom stereocenters. The summed E-state index contributed by atoms with van der Waals surface area (Å²) in [4.78, 5) is 26.1. The Morgan fingerprint density at radius 1 is 1.32 bits per heavy atom. The SMILES string of the molecule is O=Cc1cccc(OCC(=O)Nc2cccnc2)c1. The van der Waals surface area contributed by atoms with Gasteiger partial charge in [-0.25, -0.2) is 0 Å². The van der Waals surface area contributed by atoms with Crippen molar-refractivity contribution in [1.82, 2.24) is 4.98 Å². The lowest BCUT2D eigenvalue weighted by Crippen LogP contribution is -2.20. The molecule has 5 nitrogen and oxygen atoms in total. The standard InChI is InChI=1S/C14H12N2O3/c17-9-11-3-1-5-13(7-11)19-10-14(18)16-12-4-2-6-15-8-12/h1-9H,10H2,(H,16,18). The van der Waals surface area contributed by atoms with Gasteiger partial charge in [0, 0.05) is 11.8 Å². The van der Waals surface area contributed by atoms with Gasteiger partial charge in [-0.15, -0.1) is 0 Å².